The van der Waals surface area contributed by atoms with Gasteiger partial charge in [-0.05, 0) is 37.5 Å². The largest absolute Gasteiger partial charge is 0.353 e. The number of thiophene rings is 1. The van der Waals surface area contributed by atoms with E-state index in [1.807, 2.05) is 46.9 Å². The number of piperazine rings is 1. The van der Waals surface area contributed by atoms with E-state index >= 15 is 0 Å². The molecular weight excluding hydrogens is 430 g/mol. The fourth-order valence-corrected chi connectivity index (χ4v) is 4.77. The first kappa shape index (κ1) is 21.6. The molecule has 0 spiro atoms. The quantitative estimate of drug-likeness (QED) is 0.587. The molecule has 1 aliphatic rings. The first-order chi connectivity index (χ1) is 14.8. The van der Waals surface area contributed by atoms with Crippen molar-refractivity contribution in [3.05, 3.63) is 39.9 Å². The van der Waals surface area contributed by atoms with Crippen LogP contribution in [-0.4, -0.2) is 61.7 Å². The molecule has 10 heteroatoms. The normalized spacial score (nSPS) is 15.5. The highest BCUT2D eigenvalue weighted by Gasteiger charge is 2.29. The van der Waals surface area contributed by atoms with Gasteiger partial charge in [0.15, 0.2) is 10.6 Å². The summed E-state index contributed by atoms with van der Waals surface area (Å²) >= 11 is 7.01. The topological polar surface area (TPSA) is 82.9 Å². The van der Waals surface area contributed by atoms with Crippen LogP contribution in [-0.2, 0) is 4.79 Å². The van der Waals surface area contributed by atoms with Gasteiger partial charge < -0.3 is 9.80 Å². The van der Waals surface area contributed by atoms with E-state index in [0.717, 1.165) is 35.3 Å². The van der Waals surface area contributed by atoms with Crippen LogP contribution in [0.4, 0.5) is 5.82 Å². The number of carbonyl (C=O) groups is 1. The Morgan fingerprint density at radius 2 is 1.94 bits per heavy atom. The predicted molar refractivity (Wildman–Crippen MR) is 125 cm³/mol. The highest BCUT2D eigenvalue weighted by Crippen LogP contribution is 2.27. The maximum Gasteiger partial charge on any atom is 0.245 e. The summed E-state index contributed by atoms with van der Waals surface area (Å²) in [6.07, 6.45) is 0. The van der Waals surface area contributed by atoms with Crippen molar-refractivity contribution in [2.75, 3.05) is 31.1 Å². The number of amides is 1. The Morgan fingerprint density at radius 3 is 2.58 bits per heavy atom. The molecule has 31 heavy (non-hydrogen) atoms. The summed E-state index contributed by atoms with van der Waals surface area (Å²) in [6, 6.07) is 5.54. The summed E-state index contributed by atoms with van der Waals surface area (Å²) in [4.78, 5) is 27.7. The van der Waals surface area contributed by atoms with Crippen molar-refractivity contribution in [1.82, 2.24) is 29.6 Å². The van der Waals surface area contributed by atoms with Gasteiger partial charge in [-0.15, -0.1) is 11.3 Å². The zero-order valence-corrected chi connectivity index (χ0v) is 19.8. The molecule has 1 unspecified atom stereocenters. The number of aromatic nitrogens is 5. The Balaban J connectivity index is 1.47. The molecule has 164 valence electrons. The molecule has 0 aromatic carbocycles. The monoisotopic (exact) mass is 457 g/mol. The molecule has 1 atom stereocenters. The molecule has 8 nitrogen and oxygen atoms in total. The number of nitrogens with one attached hydrogen (secondary N) is 1. The molecule has 3 aromatic rings. The van der Waals surface area contributed by atoms with E-state index < -0.39 is 6.04 Å². The molecule has 4 heterocycles. The lowest BCUT2D eigenvalue weighted by molar-refractivity contribution is -0.134. The van der Waals surface area contributed by atoms with Crippen LogP contribution in [0, 0.1) is 11.7 Å². The van der Waals surface area contributed by atoms with Crippen molar-refractivity contribution in [2.24, 2.45) is 0 Å². The van der Waals surface area contributed by atoms with E-state index in [2.05, 4.69) is 33.9 Å². The van der Waals surface area contributed by atoms with E-state index in [1.54, 1.807) is 11.3 Å². The van der Waals surface area contributed by atoms with Crippen molar-refractivity contribution >= 4 is 35.3 Å². The van der Waals surface area contributed by atoms with Crippen LogP contribution in [0.25, 0.3) is 10.7 Å². The van der Waals surface area contributed by atoms with Gasteiger partial charge in [-0.1, -0.05) is 19.9 Å². The van der Waals surface area contributed by atoms with E-state index in [0.29, 0.717) is 23.7 Å². The summed E-state index contributed by atoms with van der Waals surface area (Å²) in [5.41, 5.74) is 0.969. The number of hydrogen-bond donors (Lipinski definition) is 1. The van der Waals surface area contributed by atoms with Gasteiger partial charge in [-0.25, -0.2) is 9.97 Å². The van der Waals surface area contributed by atoms with Crippen LogP contribution in [0.15, 0.2) is 23.6 Å². The minimum Gasteiger partial charge on any atom is -0.353 e. The first-order valence-electron chi connectivity index (χ1n) is 10.4. The molecule has 1 aliphatic heterocycles. The first-order valence-corrected chi connectivity index (χ1v) is 11.7. The van der Waals surface area contributed by atoms with Gasteiger partial charge in [0.25, 0.3) is 0 Å². The van der Waals surface area contributed by atoms with Gasteiger partial charge in [-0.2, -0.15) is 5.10 Å². The van der Waals surface area contributed by atoms with E-state index in [-0.39, 0.29) is 11.8 Å². The van der Waals surface area contributed by atoms with Crippen LogP contribution in [0.1, 0.15) is 44.2 Å². The molecular formula is C21H27N7OS2. The Morgan fingerprint density at radius 1 is 1.19 bits per heavy atom. The third kappa shape index (κ3) is 4.40. The van der Waals surface area contributed by atoms with Crippen LogP contribution < -0.4 is 4.90 Å². The molecule has 0 saturated carbocycles. The van der Waals surface area contributed by atoms with Crippen LogP contribution in [0.5, 0.6) is 0 Å². The van der Waals surface area contributed by atoms with E-state index in [4.69, 9.17) is 17.2 Å². The lowest BCUT2D eigenvalue weighted by Crippen LogP contribution is -2.50. The van der Waals surface area contributed by atoms with Gasteiger partial charge >= 0.3 is 0 Å². The average Bonchev–Trinajstić information content (AvgIpc) is 3.42. The van der Waals surface area contributed by atoms with Crippen LogP contribution in [0.3, 0.4) is 0 Å². The third-order valence-corrected chi connectivity index (χ3v) is 6.63. The van der Waals surface area contributed by atoms with Crippen molar-refractivity contribution in [1.29, 1.82) is 0 Å². The number of anilines is 1. The van der Waals surface area contributed by atoms with Gasteiger partial charge in [0.05, 0.1) is 4.88 Å². The SMILES string of the molecule is Cc1cc(N2CCN(C(=O)C(C)n3c(-c4cccs4)n[nH]c3=S)CC2)nc(C(C)C)n1. The smallest absolute Gasteiger partial charge is 0.245 e. The zero-order valence-electron chi connectivity index (χ0n) is 18.2. The number of aromatic amines is 1. The molecule has 0 radical (unpaired) electrons. The second kappa shape index (κ2) is 8.88. The highest BCUT2D eigenvalue weighted by atomic mass is 32.1. The maximum absolute atomic E-state index is 13.3. The van der Waals surface area contributed by atoms with E-state index in [1.165, 1.54) is 0 Å². The third-order valence-electron chi connectivity index (χ3n) is 5.48. The number of nitrogens with zero attached hydrogens (tertiary/aromatic N) is 6. The summed E-state index contributed by atoms with van der Waals surface area (Å²) in [5.74, 6) is 2.83. The number of rotatable bonds is 5. The van der Waals surface area contributed by atoms with Crippen molar-refractivity contribution in [2.45, 2.75) is 39.7 Å². The highest BCUT2D eigenvalue weighted by molar-refractivity contribution is 7.71. The maximum atomic E-state index is 13.3. The van der Waals surface area contributed by atoms with Crippen LogP contribution >= 0.6 is 23.6 Å². The van der Waals surface area contributed by atoms with Crippen molar-refractivity contribution < 1.29 is 4.79 Å². The van der Waals surface area contributed by atoms with Crippen molar-refractivity contribution in [3.8, 4) is 10.7 Å². The Kier molecular flexibility index (Phi) is 6.19. The second-order valence-corrected chi connectivity index (χ2v) is 9.40. The minimum absolute atomic E-state index is 0.0525. The molecule has 1 amide bonds. The molecule has 0 bridgehead atoms. The average molecular weight is 458 g/mol. The predicted octanol–water partition coefficient (Wildman–Crippen LogP) is 3.80. The number of aryl methyl sites for hydroxylation is 1. The summed E-state index contributed by atoms with van der Waals surface area (Å²) < 4.78 is 2.28. The summed E-state index contributed by atoms with van der Waals surface area (Å²) in [7, 11) is 0. The lowest BCUT2D eigenvalue weighted by Gasteiger charge is -2.37. The molecule has 1 N–H and O–H groups in total. The van der Waals surface area contributed by atoms with Crippen molar-refractivity contribution in [3.63, 3.8) is 0 Å². The number of carbonyl (C=O) groups excluding carboxylic acids is 1. The Bertz CT molecular complexity index is 1110. The minimum atomic E-state index is -0.427. The molecule has 4 rings (SSSR count). The van der Waals surface area contributed by atoms with Crippen LogP contribution in [0.2, 0.25) is 0 Å². The van der Waals surface area contributed by atoms with Gasteiger partial charge in [0.2, 0.25) is 5.91 Å². The number of H-pyrrole nitrogens is 1. The fourth-order valence-electron chi connectivity index (χ4n) is 3.77. The van der Waals surface area contributed by atoms with Gasteiger partial charge in [0.1, 0.15) is 17.7 Å². The molecule has 1 fully saturated rings. The lowest BCUT2D eigenvalue weighted by atomic mass is 10.2. The molecule has 0 aliphatic carbocycles. The summed E-state index contributed by atoms with van der Waals surface area (Å²) in [6.45, 7) is 10.8. The van der Waals surface area contributed by atoms with E-state index in [9.17, 15) is 4.79 Å². The summed E-state index contributed by atoms with van der Waals surface area (Å²) in [5, 5.41) is 9.18. The molecule has 3 aromatic heterocycles. The number of hydrogen-bond acceptors (Lipinski definition) is 7. The second-order valence-electron chi connectivity index (χ2n) is 8.07. The zero-order chi connectivity index (χ0) is 22.1. The van der Waals surface area contributed by atoms with Gasteiger partial charge in [0, 0.05) is 43.9 Å². The Labute approximate surface area is 191 Å². The Hall–Kier alpha value is -2.59. The standard InChI is InChI=1S/C21H27N7OS2/c1-13(2)18-22-14(3)12-17(23-18)26-7-9-27(10-8-26)20(29)15(4)28-19(24-25-21(28)30)16-6-5-11-31-16/h5-6,11-13,15H,7-10H2,1-4H3,(H,25,30). The molecule has 1 saturated heterocycles. The van der Waals surface area contributed by atoms with Gasteiger partial charge in [-0.3, -0.25) is 14.5 Å². The fraction of sp³-hybridized carbons (Fsp3) is 0.476.